The zero-order valence-electron chi connectivity index (χ0n) is 13.2. The Labute approximate surface area is 127 Å². The molecule has 116 valence electrons. The first kappa shape index (κ1) is 15.9. The summed E-state index contributed by atoms with van der Waals surface area (Å²) in [5.41, 5.74) is 1.37. The average Bonchev–Trinajstić information content (AvgIpc) is 2.77. The monoisotopic (exact) mass is 290 g/mol. The Balaban J connectivity index is 1.93. The molecule has 1 saturated heterocycles. The highest BCUT2D eigenvalue weighted by molar-refractivity contribution is 5.95. The van der Waals surface area contributed by atoms with E-state index in [-0.39, 0.29) is 5.91 Å². The molecule has 1 amide bonds. The standard InChI is InChI=1S/C16H26N4O/c1-3-20(13-12-19-10-6-4-5-7-11-19)16(21)15-8-9-17-18-14(15)2/h8-9H,3-7,10-13H2,1-2H3. The van der Waals surface area contributed by atoms with E-state index < -0.39 is 0 Å². The zero-order valence-corrected chi connectivity index (χ0v) is 13.2. The highest BCUT2D eigenvalue weighted by Crippen LogP contribution is 2.11. The first-order valence-corrected chi connectivity index (χ1v) is 8.02. The van der Waals surface area contributed by atoms with Crippen molar-refractivity contribution in [1.29, 1.82) is 0 Å². The molecule has 0 N–H and O–H groups in total. The highest BCUT2D eigenvalue weighted by atomic mass is 16.2. The minimum atomic E-state index is 0.0692. The lowest BCUT2D eigenvalue weighted by atomic mass is 10.2. The zero-order chi connectivity index (χ0) is 15.1. The number of nitrogens with zero attached hydrogens (tertiary/aromatic N) is 4. The fraction of sp³-hybridized carbons (Fsp3) is 0.688. The van der Waals surface area contributed by atoms with Gasteiger partial charge in [-0.25, -0.2) is 0 Å². The van der Waals surface area contributed by atoms with E-state index in [0.29, 0.717) is 11.3 Å². The molecule has 0 saturated carbocycles. The van der Waals surface area contributed by atoms with Crippen LogP contribution < -0.4 is 0 Å². The molecule has 2 rings (SSSR count). The van der Waals surface area contributed by atoms with Crippen LogP contribution in [-0.2, 0) is 0 Å². The van der Waals surface area contributed by atoms with E-state index in [1.54, 1.807) is 12.3 Å². The molecule has 0 aromatic carbocycles. The van der Waals surface area contributed by atoms with Crippen molar-refractivity contribution in [2.24, 2.45) is 0 Å². The van der Waals surface area contributed by atoms with Crippen molar-refractivity contribution >= 4 is 5.91 Å². The maximum absolute atomic E-state index is 12.6. The average molecular weight is 290 g/mol. The van der Waals surface area contributed by atoms with Crippen LogP contribution in [0.25, 0.3) is 0 Å². The van der Waals surface area contributed by atoms with E-state index in [0.717, 1.165) is 19.6 Å². The molecule has 2 heterocycles. The van der Waals surface area contributed by atoms with Crippen LogP contribution in [0, 0.1) is 6.92 Å². The molecular formula is C16H26N4O. The minimum absolute atomic E-state index is 0.0692. The third-order valence-corrected chi connectivity index (χ3v) is 4.19. The van der Waals surface area contributed by atoms with E-state index >= 15 is 0 Å². The summed E-state index contributed by atoms with van der Waals surface area (Å²) in [5, 5.41) is 7.78. The lowest BCUT2D eigenvalue weighted by Gasteiger charge is -2.26. The van der Waals surface area contributed by atoms with Crippen molar-refractivity contribution in [1.82, 2.24) is 20.0 Å². The molecule has 0 unspecified atom stereocenters. The number of aromatic nitrogens is 2. The van der Waals surface area contributed by atoms with Gasteiger partial charge in [0.2, 0.25) is 0 Å². The van der Waals surface area contributed by atoms with Crippen LogP contribution in [0.3, 0.4) is 0 Å². The summed E-state index contributed by atoms with van der Waals surface area (Å²) in [6, 6.07) is 1.76. The normalized spacial score (nSPS) is 16.5. The number of likely N-dealkylation sites (tertiary alicyclic amines) is 1. The van der Waals surface area contributed by atoms with E-state index in [9.17, 15) is 4.79 Å². The Kier molecular flexibility index (Phi) is 6.11. The van der Waals surface area contributed by atoms with Gasteiger partial charge in [0.05, 0.1) is 17.5 Å². The van der Waals surface area contributed by atoms with Crippen molar-refractivity contribution in [3.8, 4) is 0 Å². The molecule has 1 aliphatic heterocycles. The largest absolute Gasteiger partial charge is 0.338 e. The van der Waals surface area contributed by atoms with E-state index in [4.69, 9.17) is 0 Å². The topological polar surface area (TPSA) is 49.3 Å². The minimum Gasteiger partial charge on any atom is -0.338 e. The predicted octanol–water partition coefficient (Wildman–Crippen LogP) is 2.12. The molecule has 21 heavy (non-hydrogen) atoms. The van der Waals surface area contributed by atoms with Crippen LogP contribution in [0.2, 0.25) is 0 Å². The van der Waals surface area contributed by atoms with Crippen LogP contribution in [-0.4, -0.2) is 58.6 Å². The summed E-state index contributed by atoms with van der Waals surface area (Å²) in [6.07, 6.45) is 6.84. The smallest absolute Gasteiger partial charge is 0.255 e. The quantitative estimate of drug-likeness (QED) is 0.833. The van der Waals surface area contributed by atoms with Gasteiger partial charge in [0.1, 0.15) is 0 Å². The third kappa shape index (κ3) is 4.49. The van der Waals surface area contributed by atoms with Gasteiger partial charge in [-0.15, -0.1) is 0 Å². The summed E-state index contributed by atoms with van der Waals surface area (Å²) in [7, 11) is 0. The molecule has 0 aliphatic carbocycles. The Bertz CT molecular complexity index is 455. The first-order valence-electron chi connectivity index (χ1n) is 8.02. The highest BCUT2D eigenvalue weighted by Gasteiger charge is 2.18. The second-order valence-electron chi connectivity index (χ2n) is 5.67. The Morgan fingerprint density at radius 3 is 2.62 bits per heavy atom. The Hall–Kier alpha value is -1.49. The van der Waals surface area contributed by atoms with Gasteiger partial charge < -0.3 is 9.80 Å². The van der Waals surface area contributed by atoms with Gasteiger partial charge >= 0.3 is 0 Å². The Morgan fingerprint density at radius 1 is 1.29 bits per heavy atom. The molecule has 1 aromatic heterocycles. The summed E-state index contributed by atoms with van der Waals surface area (Å²) in [5.74, 6) is 0.0692. The second kappa shape index (κ2) is 8.08. The van der Waals surface area contributed by atoms with Crippen LogP contribution in [0.5, 0.6) is 0 Å². The van der Waals surface area contributed by atoms with Gasteiger partial charge in [-0.3, -0.25) is 4.79 Å². The number of carbonyl (C=O) groups excluding carboxylic acids is 1. The lowest BCUT2D eigenvalue weighted by Crippen LogP contribution is -2.39. The Morgan fingerprint density at radius 2 is 2.00 bits per heavy atom. The number of aryl methyl sites for hydroxylation is 1. The number of amides is 1. The number of carbonyl (C=O) groups is 1. The first-order chi connectivity index (χ1) is 10.2. The third-order valence-electron chi connectivity index (χ3n) is 4.19. The molecule has 1 aromatic rings. The van der Waals surface area contributed by atoms with E-state index in [1.807, 2.05) is 18.7 Å². The fourth-order valence-corrected chi connectivity index (χ4v) is 2.82. The van der Waals surface area contributed by atoms with Crippen molar-refractivity contribution < 1.29 is 4.79 Å². The van der Waals surface area contributed by atoms with Gasteiger partial charge in [-0.1, -0.05) is 12.8 Å². The number of likely N-dealkylation sites (N-methyl/N-ethyl adjacent to an activating group) is 1. The predicted molar refractivity (Wildman–Crippen MR) is 83.3 cm³/mol. The van der Waals surface area contributed by atoms with Crippen LogP contribution in [0.1, 0.15) is 48.7 Å². The van der Waals surface area contributed by atoms with Crippen molar-refractivity contribution in [3.63, 3.8) is 0 Å². The second-order valence-corrected chi connectivity index (χ2v) is 5.67. The van der Waals surface area contributed by atoms with Crippen LogP contribution >= 0.6 is 0 Å². The van der Waals surface area contributed by atoms with E-state index in [1.165, 1.54) is 38.8 Å². The van der Waals surface area contributed by atoms with Crippen LogP contribution in [0.4, 0.5) is 0 Å². The van der Waals surface area contributed by atoms with Gasteiger partial charge in [-0.05, 0) is 45.8 Å². The van der Waals surface area contributed by atoms with E-state index in [2.05, 4.69) is 15.1 Å². The molecule has 0 bridgehead atoms. The summed E-state index contributed by atoms with van der Waals surface area (Å²) >= 11 is 0. The summed E-state index contributed by atoms with van der Waals surface area (Å²) in [4.78, 5) is 17.0. The molecule has 0 radical (unpaired) electrons. The van der Waals surface area contributed by atoms with Crippen molar-refractivity contribution in [2.45, 2.75) is 39.5 Å². The molecule has 0 atom stereocenters. The van der Waals surface area contributed by atoms with Gasteiger partial charge in [-0.2, -0.15) is 10.2 Å². The van der Waals surface area contributed by atoms with Crippen molar-refractivity contribution in [2.75, 3.05) is 32.7 Å². The van der Waals surface area contributed by atoms with Crippen LogP contribution in [0.15, 0.2) is 12.3 Å². The van der Waals surface area contributed by atoms with Gasteiger partial charge in [0, 0.05) is 19.6 Å². The maximum Gasteiger partial charge on any atom is 0.255 e. The fourth-order valence-electron chi connectivity index (χ4n) is 2.82. The van der Waals surface area contributed by atoms with Crippen molar-refractivity contribution in [3.05, 3.63) is 23.5 Å². The van der Waals surface area contributed by atoms with Gasteiger partial charge in [0.15, 0.2) is 0 Å². The lowest BCUT2D eigenvalue weighted by molar-refractivity contribution is 0.0744. The molecule has 1 aliphatic rings. The molecule has 0 spiro atoms. The van der Waals surface area contributed by atoms with Gasteiger partial charge in [0.25, 0.3) is 5.91 Å². The summed E-state index contributed by atoms with van der Waals surface area (Å²) < 4.78 is 0. The summed E-state index contributed by atoms with van der Waals surface area (Å²) in [6.45, 7) is 8.69. The number of rotatable bonds is 5. The number of hydrogen-bond acceptors (Lipinski definition) is 4. The number of hydrogen-bond donors (Lipinski definition) is 0. The molecular weight excluding hydrogens is 264 g/mol. The molecule has 5 nitrogen and oxygen atoms in total. The SMILES string of the molecule is CCN(CCN1CCCCCC1)C(=O)c1ccnnc1C. The molecule has 1 fully saturated rings. The molecule has 5 heteroatoms. The maximum atomic E-state index is 12.6.